The maximum absolute atomic E-state index is 13.6. The van der Waals surface area contributed by atoms with E-state index in [9.17, 15) is 19.0 Å². The number of nitrogens with zero attached hydrogens (tertiary/aromatic N) is 1. The molecule has 0 aliphatic rings. The topological polar surface area (TPSA) is 114 Å². The molecule has 1 N–H and O–H groups in total. The van der Waals surface area contributed by atoms with Gasteiger partial charge in [-0.3, -0.25) is 14.2 Å². The number of unbranched alkanes of at least 4 members (excludes halogenated alkanes) is 42. The number of carbonyl (C=O) groups is 2. The van der Waals surface area contributed by atoms with E-state index in [0.717, 1.165) is 70.6 Å². The van der Waals surface area contributed by atoms with Gasteiger partial charge in [-0.1, -0.05) is 307 Å². The zero-order valence-corrected chi connectivity index (χ0v) is 55.4. The largest absolute Gasteiger partial charge is 0.756 e. The molecule has 0 aliphatic heterocycles. The van der Waals surface area contributed by atoms with Crippen LogP contribution in [0.4, 0.5) is 0 Å². The van der Waals surface area contributed by atoms with Crippen LogP contribution in [-0.4, -0.2) is 69.4 Å². The molecule has 0 aromatic heterocycles. The highest BCUT2D eigenvalue weighted by atomic mass is 31.2. The number of esters is 1. The standard InChI is InChI=1S/C71H135N2O7P/c1-7-10-13-16-19-22-25-27-29-31-33-34-35-36-37-38-40-41-43-45-48-51-54-57-60-63-70(74)72-68(67-79-81(76,77)78-66-65-73(4,5)6)69(62-59-56-53-50-47-24-21-18-15-12-9-3)80-71(75)64-61-58-55-52-49-46-44-42-39-32-30-28-26-23-20-17-14-11-8-2/h19,22,27,29,33-34,59,62,68-69H,7-18,20-21,23-26,28,30-32,35-58,60-61,63-67H2,1-6H3,(H-,72,74,76,77)/b22-19-,29-27-,34-33-,62-59-. The third-order valence-electron chi connectivity index (χ3n) is 15.8. The molecule has 0 fully saturated rings. The third kappa shape index (κ3) is 62.3. The molecule has 0 saturated heterocycles. The minimum absolute atomic E-state index is 0.0209. The lowest BCUT2D eigenvalue weighted by Gasteiger charge is -2.30. The minimum atomic E-state index is -4.70. The minimum Gasteiger partial charge on any atom is -0.756 e. The van der Waals surface area contributed by atoms with Crippen LogP contribution in [0.25, 0.3) is 0 Å². The number of carbonyl (C=O) groups excluding carboxylic acids is 2. The number of nitrogens with one attached hydrogen (secondary N) is 1. The molecule has 0 rings (SSSR count). The van der Waals surface area contributed by atoms with Crippen LogP contribution in [0, 0.1) is 0 Å². The Morgan fingerprint density at radius 2 is 0.753 bits per heavy atom. The molecular formula is C71H135N2O7P. The van der Waals surface area contributed by atoms with E-state index in [0.29, 0.717) is 17.4 Å². The Morgan fingerprint density at radius 1 is 0.432 bits per heavy atom. The van der Waals surface area contributed by atoms with E-state index >= 15 is 0 Å². The molecule has 0 heterocycles. The highest BCUT2D eigenvalue weighted by Crippen LogP contribution is 2.38. The summed E-state index contributed by atoms with van der Waals surface area (Å²) >= 11 is 0. The Morgan fingerprint density at radius 3 is 1.15 bits per heavy atom. The van der Waals surface area contributed by atoms with Gasteiger partial charge in [-0.2, -0.15) is 0 Å². The van der Waals surface area contributed by atoms with E-state index in [1.54, 1.807) is 0 Å². The molecule has 1 amide bonds. The predicted octanol–water partition coefficient (Wildman–Crippen LogP) is 21.4. The molecule has 10 heteroatoms. The number of ether oxygens (including phenoxy) is 1. The van der Waals surface area contributed by atoms with Gasteiger partial charge in [-0.05, 0) is 70.3 Å². The molecule has 3 unspecified atom stereocenters. The van der Waals surface area contributed by atoms with Crippen molar-refractivity contribution < 1.29 is 37.3 Å². The smallest absolute Gasteiger partial charge is 0.306 e. The normalized spacial score (nSPS) is 13.8. The third-order valence-corrected chi connectivity index (χ3v) is 16.7. The molecule has 0 saturated carbocycles. The molecule has 0 bridgehead atoms. The maximum Gasteiger partial charge on any atom is 0.306 e. The first kappa shape index (κ1) is 79.0. The lowest BCUT2D eigenvalue weighted by molar-refractivity contribution is -0.870. The van der Waals surface area contributed by atoms with Crippen LogP contribution in [0.2, 0.25) is 0 Å². The number of amides is 1. The number of allylic oxidation sites excluding steroid dienone is 7. The highest BCUT2D eigenvalue weighted by molar-refractivity contribution is 7.45. The van der Waals surface area contributed by atoms with E-state index in [1.165, 1.54) is 238 Å². The number of quaternary nitrogens is 1. The number of phosphoric acid groups is 1. The van der Waals surface area contributed by atoms with Crippen LogP contribution in [0.5, 0.6) is 0 Å². The number of likely N-dealkylation sites (N-methyl/N-ethyl adjacent to an activating group) is 1. The van der Waals surface area contributed by atoms with Gasteiger partial charge in [0.05, 0.1) is 33.8 Å². The van der Waals surface area contributed by atoms with E-state index in [2.05, 4.69) is 62.5 Å². The second kappa shape index (κ2) is 61.1. The van der Waals surface area contributed by atoms with Crippen molar-refractivity contribution in [1.82, 2.24) is 5.32 Å². The number of rotatable bonds is 64. The summed E-state index contributed by atoms with van der Waals surface area (Å²) < 4.78 is 30.4. The van der Waals surface area contributed by atoms with Crippen LogP contribution < -0.4 is 10.2 Å². The fourth-order valence-electron chi connectivity index (χ4n) is 10.4. The molecule has 0 aliphatic carbocycles. The first-order valence-corrected chi connectivity index (χ1v) is 36.4. The Bertz CT molecular complexity index is 1520. The fraction of sp³-hybridized carbons (Fsp3) is 0.859. The zero-order chi connectivity index (χ0) is 59.3. The van der Waals surface area contributed by atoms with Crippen molar-refractivity contribution in [2.24, 2.45) is 0 Å². The molecule has 81 heavy (non-hydrogen) atoms. The summed E-state index contributed by atoms with van der Waals surface area (Å²) in [4.78, 5) is 40.1. The summed E-state index contributed by atoms with van der Waals surface area (Å²) in [5, 5.41) is 3.04. The van der Waals surface area contributed by atoms with E-state index in [4.69, 9.17) is 13.8 Å². The van der Waals surface area contributed by atoms with Gasteiger partial charge in [0.15, 0.2) is 0 Å². The first-order valence-electron chi connectivity index (χ1n) is 34.9. The van der Waals surface area contributed by atoms with Gasteiger partial charge in [0.1, 0.15) is 19.3 Å². The van der Waals surface area contributed by atoms with Crippen molar-refractivity contribution in [3.05, 3.63) is 48.6 Å². The van der Waals surface area contributed by atoms with E-state index in [1.807, 2.05) is 33.3 Å². The second-order valence-electron chi connectivity index (χ2n) is 25.0. The van der Waals surface area contributed by atoms with E-state index < -0.39 is 20.0 Å². The van der Waals surface area contributed by atoms with Crippen LogP contribution in [0.15, 0.2) is 48.6 Å². The summed E-state index contributed by atoms with van der Waals surface area (Å²) in [7, 11) is 1.20. The van der Waals surface area contributed by atoms with E-state index in [-0.39, 0.29) is 31.5 Å². The molecule has 0 aromatic carbocycles. The van der Waals surface area contributed by atoms with Gasteiger partial charge >= 0.3 is 5.97 Å². The summed E-state index contributed by atoms with van der Waals surface area (Å²) in [6.07, 6.45) is 76.6. The summed E-state index contributed by atoms with van der Waals surface area (Å²) in [5.74, 6) is -0.527. The number of hydrogen-bond donors (Lipinski definition) is 1. The molecule has 476 valence electrons. The lowest BCUT2D eigenvalue weighted by Crippen LogP contribution is -2.47. The Hall–Kier alpha value is -2.03. The van der Waals surface area contributed by atoms with Crippen molar-refractivity contribution in [2.75, 3.05) is 40.9 Å². The molecule has 9 nitrogen and oxygen atoms in total. The van der Waals surface area contributed by atoms with Gasteiger partial charge in [-0.15, -0.1) is 0 Å². The molecule has 3 atom stereocenters. The monoisotopic (exact) mass is 1160 g/mol. The van der Waals surface area contributed by atoms with Crippen LogP contribution in [0.1, 0.15) is 342 Å². The average molecular weight is 1160 g/mol. The first-order chi connectivity index (χ1) is 39.4. The van der Waals surface area contributed by atoms with Gasteiger partial charge in [-0.25, -0.2) is 0 Å². The zero-order valence-electron chi connectivity index (χ0n) is 54.5. The maximum atomic E-state index is 13.6. The van der Waals surface area contributed by atoms with Crippen molar-refractivity contribution in [2.45, 2.75) is 354 Å². The van der Waals surface area contributed by atoms with Gasteiger partial charge in [0.25, 0.3) is 7.82 Å². The van der Waals surface area contributed by atoms with Gasteiger partial charge < -0.3 is 28.5 Å². The van der Waals surface area contributed by atoms with Crippen molar-refractivity contribution in [3.63, 3.8) is 0 Å². The van der Waals surface area contributed by atoms with Gasteiger partial charge in [0.2, 0.25) is 5.91 Å². The average Bonchev–Trinajstić information content (AvgIpc) is 3.44. The SMILES string of the molecule is CCCCC/C=C\C/C=C\C/C=C\CCCCCCCCCCCCCCC(=O)NC(COP(=O)([O-])OCC[N+](C)(C)C)C(/C=C\CCCCCCCCCCC)OC(=O)CCCCCCCCCCCCCCCCCCCCC. The van der Waals surface area contributed by atoms with Crippen LogP contribution >= 0.6 is 7.82 Å². The quantitative estimate of drug-likeness (QED) is 0.0212. The predicted molar refractivity (Wildman–Crippen MR) is 349 cm³/mol. The number of hydrogen-bond acceptors (Lipinski definition) is 7. The van der Waals surface area contributed by atoms with Crippen molar-refractivity contribution in [3.8, 4) is 0 Å². The van der Waals surface area contributed by atoms with Crippen molar-refractivity contribution in [1.29, 1.82) is 0 Å². The van der Waals surface area contributed by atoms with Crippen LogP contribution in [0.3, 0.4) is 0 Å². The Labute approximate surface area is 503 Å². The molecule has 0 radical (unpaired) electrons. The molecular weight excluding hydrogens is 1020 g/mol. The molecule has 0 spiro atoms. The lowest BCUT2D eigenvalue weighted by atomic mass is 10.0. The summed E-state index contributed by atoms with van der Waals surface area (Å²) in [6.45, 7) is 6.86. The molecule has 0 aromatic rings. The summed E-state index contributed by atoms with van der Waals surface area (Å²) in [6, 6.07) is -0.887. The Balaban J connectivity index is 5.02. The number of phosphoric ester groups is 1. The fourth-order valence-corrected chi connectivity index (χ4v) is 11.1. The van der Waals surface area contributed by atoms with Crippen LogP contribution in [-0.2, 0) is 27.9 Å². The highest BCUT2D eigenvalue weighted by Gasteiger charge is 2.27. The Kier molecular flexibility index (Phi) is 59.5. The van der Waals surface area contributed by atoms with Crippen molar-refractivity contribution >= 4 is 19.7 Å². The second-order valence-corrected chi connectivity index (χ2v) is 26.5. The summed E-state index contributed by atoms with van der Waals surface area (Å²) in [5.41, 5.74) is 0. The van der Waals surface area contributed by atoms with Gasteiger partial charge in [0, 0.05) is 12.8 Å².